The Bertz CT molecular complexity index is 681. The quantitative estimate of drug-likeness (QED) is 0.875. The van der Waals surface area contributed by atoms with Gasteiger partial charge in [0.15, 0.2) is 0 Å². The number of ether oxygens (including phenoxy) is 1. The van der Waals surface area contributed by atoms with Gasteiger partial charge in [-0.15, -0.1) is 0 Å². The lowest BCUT2D eigenvalue weighted by molar-refractivity contribution is 0.414. The Morgan fingerprint density at radius 2 is 2.05 bits per heavy atom. The maximum absolute atomic E-state index is 9.15. The molecule has 0 atom stereocenters. The van der Waals surface area contributed by atoms with Crippen molar-refractivity contribution < 1.29 is 4.74 Å². The van der Waals surface area contributed by atoms with Gasteiger partial charge in [0, 0.05) is 10.0 Å². The number of anilines is 2. The number of aromatic nitrogens is 2. The molecule has 4 N–H and O–H groups in total. The van der Waals surface area contributed by atoms with Crippen LogP contribution >= 0.6 is 15.9 Å². The monoisotopic (exact) mass is 319 g/mol. The molecule has 0 aliphatic rings. The summed E-state index contributed by atoms with van der Waals surface area (Å²) in [6.45, 7) is 0. The van der Waals surface area contributed by atoms with Crippen LogP contribution in [-0.4, -0.2) is 17.1 Å². The van der Waals surface area contributed by atoms with E-state index in [0.717, 1.165) is 4.47 Å². The van der Waals surface area contributed by atoms with Gasteiger partial charge in [-0.25, -0.2) is 4.98 Å². The Kier molecular flexibility index (Phi) is 3.53. The summed E-state index contributed by atoms with van der Waals surface area (Å²) >= 11 is 3.41. The highest BCUT2D eigenvalue weighted by Gasteiger charge is 2.15. The van der Waals surface area contributed by atoms with E-state index in [1.165, 1.54) is 0 Å². The molecule has 19 heavy (non-hydrogen) atoms. The fourth-order valence-electron chi connectivity index (χ4n) is 1.62. The Morgan fingerprint density at radius 3 is 2.63 bits per heavy atom. The third-order valence-electron chi connectivity index (χ3n) is 2.50. The summed E-state index contributed by atoms with van der Waals surface area (Å²) in [7, 11) is 1.57. The molecule has 2 aromatic rings. The molecule has 0 bridgehead atoms. The maximum Gasteiger partial charge on any atom is 0.222 e. The molecule has 0 amide bonds. The van der Waals surface area contributed by atoms with Gasteiger partial charge in [-0.2, -0.15) is 10.2 Å². The maximum atomic E-state index is 9.15. The number of hydrogen-bond acceptors (Lipinski definition) is 6. The Balaban J connectivity index is 2.69. The first kappa shape index (κ1) is 13.1. The number of nitriles is 1. The zero-order chi connectivity index (χ0) is 14.0. The highest BCUT2D eigenvalue weighted by Crippen LogP contribution is 2.33. The van der Waals surface area contributed by atoms with Gasteiger partial charge in [0.1, 0.15) is 23.2 Å². The summed E-state index contributed by atoms with van der Waals surface area (Å²) in [6, 6.07) is 7.29. The fraction of sp³-hybridized carbons (Fsp3) is 0.0833. The molecule has 0 radical (unpaired) electrons. The zero-order valence-electron chi connectivity index (χ0n) is 10.0. The van der Waals surface area contributed by atoms with Crippen LogP contribution in [0.25, 0.3) is 11.3 Å². The van der Waals surface area contributed by atoms with Gasteiger partial charge in [-0.05, 0) is 34.1 Å². The molecule has 0 spiro atoms. The molecular formula is C12H10BrN5O. The van der Waals surface area contributed by atoms with E-state index in [1.807, 2.05) is 6.07 Å². The lowest BCUT2D eigenvalue weighted by atomic mass is 10.1. The summed E-state index contributed by atoms with van der Waals surface area (Å²) in [6.07, 6.45) is 0. The second-order valence-electron chi connectivity index (χ2n) is 3.65. The third kappa shape index (κ3) is 2.44. The first-order valence-electron chi connectivity index (χ1n) is 5.23. The van der Waals surface area contributed by atoms with Crippen molar-refractivity contribution in [2.75, 3.05) is 18.6 Å². The minimum Gasteiger partial charge on any atom is -0.497 e. The first-order chi connectivity index (χ1) is 9.06. The molecule has 1 heterocycles. The molecule has 0 unspecified atom stereocenters. The van der Waals surface area contributed by atoms with Gasteiger partial charge in [-0.1, -0.05) is 0 Å². The molecular weight excluding hydrogens is 310 g/mol. The molecule has 6 nitrogen and oxygen atoms in total. The third-order valence-corrected chi connectivity index (χ3v) is 3.15. The van der Waals surface area contributed by atoms with Crippen molar-refractivity contribution >= 4 is 27.7 Å². The van der Waals surface area contributed by atoms with Gasteiger partial charge in [0.05, 0.1) is 12.8 Å². The first-order valence-corrected chi connectivity index (χ1v) is 6.03. The van der Waals surface area contributed by atoms with Crippen molar-refractivity contribution in [3.63, 3.8) is 0 Å². The van der Waals surface area contributed by atoms with Crippen molar-refractivity contribution in [1.29, 1.82) is 5.26 Å². The van der Waals surface area contributed by atoms with Crippen LogP contribution in [0.2, 0.25) is 0 Å². The predicted octanol–water partition coefficient (Wildman–Crippen LogP) is 1.95. The highest BCUT2D eigenvalue weighted by atomic mass is 79.9. The van der Waals surface area contributed by atoms with Crippen molar-refractivity contribution in [3.05, 3.63) is 28.2 Å². The second kappa shape index (κ2) is 5.12. The molecule has 0 saturated heterocycles. The van der Waals surface area contributed by atoms with Gasteiger partial charge in [0.2, 0.25) is 5.95 Å². The van der Waals surface area contributed by atoms with Crippen LogP contribution in [0, 0.1) is 11.3 Å². The minimum atomic E-state index is 0.0224. The average molecular weight is 320 g/mol. The number of rotatable bonds is 2. The molecule has 1 aromatic carbocycles. The average Bonchev–Trinajstić information content (AvgIpc) is 2.37. The molecule has 0 fully saturated rings. The van der Waals surface area contributed by atoms with E-state index in [-0.39, 0.29) is 17.3 Å². The summed E-state index contributed by atoms with van der Waals surface area (Å²) in [5.74, 6) is 0.770. The normalized spacial score (nSPS) is 9.95. The number of hydrogen-bond donors (Lipinski definition) is 2. The van der Waals surface area contributed by atoms with E-state index in [0.29, 0.717) is 17.0 Å². The van der Waals surface area contributed by atoms with E-state index < -0.39 is 0 Å². The van der Waals surface area contributed by atoms with Crippen LogP contribution in [0.4, 0.5) is 11.8 Å². The molecule has 2 rings (SSSR count). The lowest BCUT2D eigenvalue weighted by Crippen LogP contribution is -2.05. The van der Waals surface area contributed by atoms with Gasteiger partial charge in [0.25, 0.3) is 0 Å². The number of nitrogens with two attached hydrogens (primary N) is 2. The molecule has 0 saturated carbocycles. The SMILES string of the molecule is COc1ccc(-c2nc(N)nc(N)c2C#N)c(Br)c1. The van der Waals surface area contributed by atoms with Gasteiger partial charge >= 0.3 is 0 Å². The highest BCUT2D eigenvalue weighted by molar-refractivity contribution is 9.10. The van der Waals surface area contributed by atoms with E-state index >= 15 is 0 Å². The molecule has 96 valence electrons. The van der Waals surface area contributed by atoms with Gasteiger partial charge < -0.3 is 16.2 Å². The van der Waals surface area contributed by atoms with E-state index in [2.05, 4.69) is 25.9 Å². The smallest absolute Gasteiger partial charge is 0.222 e. The summed E-state index contributed by atoms with van der Waals surface area (Å²) in [4.78, 5) is 7.86. The van der Waals surface area contributed by atoms with Crippen LogP contribution in [0.1, 0.15) is 5.56 Å². The zero-order valence-corrected chi connectivity index (χ0v) is 11.6. The van der Waals surface area contributed by atoms with Crippen LogP contribution in [0.5, 0.6) is 5.75 Å². The summed E-state index contributed by atoms with van der Waals surface area (Å²) in [5, 5.41) is 9.15. The molecule has 0 aliphatic carbocycles. The van der Waals surface area contributed by atoms with Gasteiger partial charge in [-0.3, -0.25) is 0 Å². The Hall–Kier alpha value is -2.33. The molecule has 7 heteroatoms. The summed E-state index contributed by atoms with van der Waals surface area (Å²) < 4.78 is 5.84. The van der Waals surface area contributed by atoms with Crippen LogP contribution < -0.4 is 16.2 Å². The number of halogens is 1. The second-order valence-corrected chi connectivity index (χ2v) is 4.50. The topological polar surface area (TPSA) is 111 Å². The molecule has 1 aromatic heterocycles. The van der Waals surface area contributed by atoms with Crippen LogP contribution in [0.15, 0.2) is 22.7 Å². The van der Waals surface area contributed by atoms with E-state index in [9.17, 15) is 0 Å². The fourth-order valence-corrected chi connectivity index (χ4v) is 2.16. The largest absolute Gasteiger partial charge is 0.497 e. The minimum absolute atomic E-state index is 0.0224. The van der Waals surface area contributed by atoms with Crippen molar-refractivity contribution in [2.45, 2.75) is 0 Å². The molecule has 0 aliphatic heterocycles. The summed E-state index contributed by atoms with van der Waals surface area (Å²) in [5.41, 5.74) is 12.5. The van der Waals surface area contributed by atoms with Crippen molar-refractivity contribution in [1.82, 2.24) is 9.97 Å². The Labute approximate surface area is 118 Å². The predicted molar refractivity (Wildman–Crippen MR) is 75.3 cm³/mol. The number of nitrogen functional groups attached to an aromatic ring is 2. The van der Waals surface area contributed by atoms with Crippen LogP contribution in [0.3, 0.4) is 0 Å². The lowest BCUT2D eigenvalue weighted by Gasteiger charge is -2.09. The van der Waals surface area contributed by atoms with Crippen LogP contribution in [-0.2, 0) is 0 Å². The standard InChI is InChI=1S/C12H10BrN5O/c1-19-6-2-3-7(9(13)4-6)10-8(5-14)11(15)18-12(16)17-10/h2-4H,1H3,(H4,15,16,17,18). The van der Waals surface area contributed by atoms with Crippen molar-refractivity contribution in [3.8, 4) is 23.1 Å². The Morgan fingerprint density at radius 1 is 1.32 bits per heavy atom. The van der Waals surface area contributed by atoms with Crippen molar-refractivity contribution in [2.24, 2.45) is 0 Å². The van der Waals surface area contributed by atoms with E-state index in [4.69, 9.17) is 21.5 Å². The number of nitrogens with zero attached hydrogens (tertiary/aromatic N) is 3. The number of benzene rings is 1. The van der Waals surface area contributed by atoms with E-state index in [1.54, 1.807) is 25.3 Å². The number of methoxy groups -OCH3 is 1.